The van der Waals surface area contributed by atoms with Crippen LogP contribution in [-0.2, 0) is 9.59 Å². The highest BCUT2D eigenvalue weighted by Crippen LogP contribution is 2.28. The van der Waals surface area contributed by atoms with E-state index < -0.39 is 0 Å². The summed E-state index contributed by atoms with van der Waals surface area (Å²) in [4.78, 5) is 24.9. The first kappa shape index (κ1) is 21.5. The van der Waals surface area contributed by atoms with E-state index in [9.17, 15) is 14.0 Å². The number of hydrogen-bond donors (Lipinski definition) is 3. The van der Waals surface area contributed by atoms with Crippen molar-refractivity contribution in [3.05, 3.63) is 76.2 Å². The zero-order chi connectivity index (χ0) is 21.5. The van der Waals surface area contributed by atoms with Gasteiger partial charge in [0.25, 0.3) is 0 Å². The molecule has 6 nitrogen and oxygen atoms in total. The summed E-state index contributed by atoms with van der Waals surface area (Å²) in [6.45, 7) is 1.43. The molecule has 0 radical (unpaired) electrons. The molecule has 8 heteroatoms. The molecular weight excluding hydrogens is 405 g/mol. The van der Waals surface area contributed by atoms with Crippen LogP contribution in [0.15, 0.2) is 60.0 Å². The summed E-state index contributed by atoms with van der Waals surface area (Å²) in [7, 11) is 1.50. The third-order valence-corrected chi connectivity index (χ3v) is 5.23. The van der Waals surface area contributed by atoms with Crippen molar-refractivity contribution in [2.75, 3.05) is 24.3 Å². The van der Waals surface area contributed by atoms with Crippen molar-refractivity contribution < 1.29 is 18.7 Å². The van der Waals surface area contributed by atoms with Crippen molar-refractivity contribution in [2.24, 2.45) is 0 Å². The van der Waals surface area contributed by atoms with Crippen LogP contribution in [0.3, 0.4) is 0 Å². The Labute approximate surface area is 178 Å². The predicted molar refractivity (Wildman–Crippen MR) is 116 cm³/mol. The van der Waals surface area contributed by atoms with Crippen molar-refractivity contribution in [2.45, 2.75) is 13.0 Å². The van der Waals surface area contributed by atoms with Crippen LogP contribution in [0.5, 0.6) is 5.75 Å². The van der Waals surface area contributed by atoms with E-state index >= 15 is 0 Å². The van der Waals surface area contributed by atoms with Crippen LogP contribution in [0.1, 0.15) is 23.4 Å². The molecule has 0 saturated heterocycles. The minimum absolute atomic E-state index is 0.0213. The predicted octanol–water partition coefficient (Wildman–Crippen LogP) is 4.17. The van der Waals surface area contributed by atoms with Crippen molar-refractivity contribution in [1.82, 2.24) is 5.32 Å². The molecule has 0 aliphatic heterocycles. The van der Waals surface area contributed by atoms with Crippen LogP contribution < -0.4 is 20.7 Å². The van der Waals surface area contributed by atoms with Crippen LogP contribution in [-0.4, -0.2) is 25.5 Å². The second kappa shape index (κ2) is 10.00. The van der Waals surface area contributed by atoms with Gasteiger partial charge >= 0.3 is 0 Å². The van der Waals surface area contributed by atoms with Gasteiger partial charge in [-0.1, -0.05) is 18.2 Å². The number of carbonyl (C=O) groups excluding carboxylic acids is 2. The Hall–Kier alpha value is -3.23. The Morgan fingerprint density at radius 1 is 1.10 bits per heavy atom. The number of rotatable bonds is 8. The molecular formula is C22H22FN3O3S. The molecule has 156 valence electrons. The fourth-order valence-corrected chi connectivity index (χ4v) is 3.80. The van der Waals surface area contributed by atoms with E-state index in [2.05, 4.69) is 16.0 Å². The number of halogens is 1. The molecule has 3 aromatic rings. The van der Waals surface area contributed by atoms with Crippen molar-refractivity contribution in [3.63, 3.8) is 0 Å². The third kappa shape index (κ3) is 5.65. The van der Waals surface area contributed by atoms with Gasteiger partial charge in [-0.2, -0.15) is 0 Å². The summed E-state index contributed by atoms with van der Waals surface area (Å²) in [5.74, 6) is -0.326. The maximum Gasteiger partial charge on any atom is 0.238 e. The molecule has 0 aliphatic carbocycles. The quantitative estimate of drug-likeness (QED) is 0.504. The zero-order valence-electron chi connectivity index (χ0n) is 16.6. The van der Waals surface area contributed by atoms with E-state index in [1.807, 2.05) is 17.5 Å². The number of hydrogen-bond acceptors (Lipinski definition) is 5. The van der Waals surface area contributed by atoms with Crippen LogP contribution in [0, 0.1) is 5.82 Å². The fraction of sp³-hybridized carbons (Fsp3) is 0.182. The van der Waals surface area contributed by atoms with Crippen LogP contribution in [0.25, 0.3) is 0 Å². The van der Waals surface area contributed by atoms with Crippen LogP contribution >= 0.6 is 11.3 Å². The van der Waals surface area contributed by atoms with Crippen molar-refractivity contribution >= 4 is 34.5 Å². The second-order valence-electron chi connectivity index (χ2n) is 6.53. The largest absolute Gasteiger partial charge is 0.495 e. The SMILES string of the molecule is COc1ccc(NC(C)=O)cc1NC(=O)CN[C@H](c1ccc(F)cc1)c1cccs1. The molecule has 1 aromatic heterocycles. The maximum atomic E-state index is 13.3. The minimum Gasteiger partial charge on any atom is -0.495 e. The highest BCUT2D eigenvalue weighted by atomic mass is 32.1. The second-order valence-corrected chi connectivity index (χ2v) is 7.50. The Balaban J connectivity index is 1.72. The molecule has 1 heterocycles. The van der Waals surface area contributed by atoms with Gasteiger partial charge in [0.2, 0.25) is 11.8 Å². The lowest BCUT2D eigenvalue weighted by Gasteiger charge is -2.18. The molecule has 0 bridgehead atoms. The highest BCUT2D eigenvalue weighted by Gasteiger charge is 2.17. The fourth-order valence-electron chi connectivity index (χ4n) is 2.97. The standard InChI is InChI=1S/C22H22FN3O3S/c1-14(27)25-17-9-10-19(29-2)18(12-17)26-21(28)13-24-22(20-4-3-11-30-20)15-5-7-16(23)8-6-15/h3-12,22,24H,13H2,1-2H3,(H,25,27)(H,26,28)/t22-/m1/s1. The third-order valence-electron chi connectivity index (χ3n) is 4.29. The van der Waals surface area contributed by atoms with Gasteiger partial charge in [0.15, 0.2) is 0 Å². The summed E-state index contributed by atoms with van der Waals surface area (Å²) < 4.78 is 18.6. The Morgan fingerprint density at radius 3 is 2.50 bits per heavy atom. The number of ether oxygens (including phenoxy) is 1. The van der Waals surface area contributed by atoms with Crippen molar-refractivity contribution in [1.29, 1.82) is 0 Å². The Kier molecular flexibility index (Phi) is 7.16. The van der Waals surface area contributed by atoms with Gasteiger partial charge in [-0.15, -0.1) is 11.3 Å². The average molecular weight is 428 g/mol. The van der Waals surface area contributed by atoms with E-state index in [1.165, 1.54) is 26.2 Å². The number of carbonyl (C=O) groups is 2. The molecule has 1 atom stereocenters. The van der Waals surface area contributed by atoms with Gasteiger partial charge < -0.3 is 15.4 Å². The average Bonchev–Trinajstić information content (AvgIpc) is 3.24. The summed E-state index contributed by atoms with van der Waals surface area (Å²) in [6, 6.07) is 14.8. The number of benzene rings is 2. The van der Waals surface area contributed by atoms with Gasteiger partial charge in [0.1, 0.15) is 11.6 Å². The molecule has 3 N–H and O–H groups in total. The molecule has 0 unspecified atom stereocenters. The Morgan fingerprint density at radius 2 is 1.87 bits per heavy atom. The summed E-state index contributed by atoms with van der Waals surface area (Å²) in [5.41, 5.74) is 1.86. The first-order chi connectivity index (χ1) is 14.5. The summed E-state index contributed by atoms with van der Waals surface area (Å²) in [6.07, 6.45) is 0. The number of nitrogens with one attached hydrogen (secondary N) is 3. The number of methoxy groups -OCH3 is 1. The van der Waals surface area contributed by atoms with E-state index in [0.717, 1.165) is 10.4 Å². The molecule has 0 fully saturated rings. The lowest BCUT2D eigenvalue weighted by atomic mass is 10.1. The summed E-state index contributed by atoms with van der Waals surface area (Å²) >= 11 is 1.55. The summed E-state index contributed by atoms with van der Waals surface area (Å²) in [5, 5.41) is 10.7. The smallest absolute Gasteiger partial charge is 0.238 e. The number of anilines is 2. The van der Waals surface area contributed by atoms with E-state index in [1.54, 1.807) is 41.7 Å². The van der Waals surface area contributed by atoms with E-state index in [-0.39, 0.29) is 30.2 Å². The monoisotopic (exact) mass is 427 g/mol. The number of thiophene rings is 1. The molecule has 0 aliphatic rings. The molecule has 30 heavy (non-hydrogen) atoms. The van der Waals surface area contributed by atoms with E-state index in [4.69, 9.17) is 4.74 Å². The zero-order valence-corrected chi connectivity index (χ0v) is 17.4. The lowest BCUT2D eigenvalue weighted by Crippen LogP contribution is -2.31. The highest BCUT2D eigenvalue weighted by molar-refractivity contribution is 7.10. The van der Waals surface area contributed by atoms with Crippen molar-refractivity contribution in [3.8, 4) is 5.75 Å². The van der Waals surface area contributed by atoms with Crippen LogP contribution in [0.2, 0.25) is 0 Å². The topological polar surface area (TPSA) is 79.5 Å². The van der Waals surface area contributed by atoms with E-state index in [0.29, 0.717) is 17.1 Å². The molecule has 0 saturated carbocycles. The molecule has 3 rings (SSSR count). The normalized spacial score (nSPS) is 11.6. The minimum atomic E-state index is -0.312. The van der Waals surface area contributed by atoms with Gasteiger partial charge in [-0.05, 0) is 47.3 Å². The first-order valence-corrected chi connectivity index (χ1v) is 10.1. The molecule has 2 aromatic carbocycles. The Bertz CT molecular complexity index is 1010. The van der Waals surface area contributed by atoms with Crippen LogP contribution in [0.4, 0.5) is 15.8 Å². The maximum absolute atomic E-state index is 13.3. The first-order valence-electron chi connectivity index (χ1n) is 9.24. The van der Waals surface area contributed by atoms with Gasteiger partial charge in [-0.25, -0.2) is 4.39 Å². The van der Waals surface area contributed by atoms with Gasteiger partial charge in [0.05, 0.1) is 25.4 Å². The van der Waals surface area contributed by atoms with Gasteiger partial charge in [0, 0.05) is 17.5 Å². The van der Waals surface area contributed by atoms with Gasteiger partial charge in [-0.3, -0.25) is 14.9 Å². The molecule has 2 amide bonds. The molecule has 0 spiro atoms. The lowest BCUT2D eigenvalue weighted by molar-refractivity contribution is -0.115. The number of amides is 2.